The largest absolute Gasteiger partial charge is 0.478 e. The number of fused-ring (bicyclic) bond motifs is 1. The molecule has 0 fully saturated rings. The van der Waals surface area contributed by atoms with E-state index in [1.165, 1.54) is 12.1 Å². The number of carbonyl (C=O) groups is 2. The molecule has 1 aliphatic heterocycles. The highest BCUT2D eigenvalue weighted by Crippen LogP contribution is 2.32. The van der Waals surface area contributed by atoms with Gasteiger partial charge in [0.05, 0.1) is 11.3 Å². The Balaban J connectivity index is 2.35. The second-order valence-electron chi connectivity index (χ2n) is 4.29. The zero-order valence-electron chi connectivity index (χ0n) is 9.56. The molecule has 0 aliphatic carbocycles. The molecule has 1 atom stereocenters. The molecule has 90 valence electrons. The monoisotopic (exact) mass is 235 g/mol. The van der Waals surface area contributed by atoms with Crippen molar-refractivity contribution in [1.29, 1.82) is 0 Å². The molecule has 0 aromatic heterocycles. The van der Waals surface area contributed by atoms with Crippen LogP contribution in [0.3, 0.4) is 0 Å². The average Bonchev–Trinajstić information content (AvgIpc) is 2.26. The Kier molecular flexibility index (Phi) is 2.75. The molecule has 0 spiro atoms. The van der Waals surface area contributed by atoms with E-state index >= 15 is 0 Å². The highest BCUT2D eigenvalue weighted by molar-refractivity contribution is 5.99. The van der Waals surface area contributed by atoms with Crippen LogP contribution in [0.25, 0.3) is 0 Å². The Hall–Kier alpha value is -2.04. The van der Waals surface area contributed by atoms with Crippen molar-refractivity contribution in [1.82, 2.24) is 0 Å². The lowest BCUT2D eigenvalue weighted by Gasteiger charge is -2.28. The number of nitrogens with one attached hydrogen (secondary N) is 1. The molecule has 0 saturated heterocycles. The average molecular weight is 235 g/mol. The summed E-state index contributed by atoms with van der Waals surface area (Å²) in [6.07, 6.45) is -0.529. The Labute approximate surface area is 98.4 Å². The fourth-order valence-electron chi connectivity index (χ4n) is 1.70. The summed E-state index contributed by atoms with van der Waals surface area (Å²) in [6, 6.07) is 4.41. The van der Waals surface area contributed by atoms with Crippen molar-refractivity contribution < 1.29 is 19.4 Å². The van der Waals surface area contributed by atoms with Crippen LogP contribution in [0.2, 0.25) is 0 Å². The van der Waals surface area contributed by atoms with E-state index < -0.39 is 12.1 Å². The Morgan fingerprint density at radius 2 is 2.18 bits per heavy atom. The maximum absolute atomic E-state index is 11.7. The molecule has 1 aromatic carbocycles. The van der Waals surface area contributed by atoms with Gasteiger partial charge in [-0.3, -0.25) is 4.79 Å². The molecule has 5 heteroatoms. The molecule has 2 N–H and O–H groups in total. The summed E-state index contributed by atoms with van der Waals surface area (Å²) in [5, 5.41) is 11.5. The predicted molar refractivity (Wildman–Crippen MR) is 61.3 cm³/mol. The summed E-state index contributed by atoms with van der Waals surface area (Å²) in [5.41, 5.74) is 0.530. The third-order valence-corrected chi connectivity index (χ3v) is 2.60. The number of carboxylic acid groups (broad SMARTS) is 1. The van der Waals surface area contributed by atoms with Gasteiger partial charge in [-0.1, -0.05) is 13.8 Å². The van der Waals surface area contributed by atoms with Gasteiger partial charge in [-0.05, 0) is 24.1 Å². The van der Waals surface area contributed by atoms with Crippen LogP contribution in [0.4, 0.5) is 5.69 Å². The molecular weight excluding hydrogens is 222 g/mol. The maximum atomic E-state index is 11.7. The number of anilines is 1. The van der Waals surface area contributed by atoms with Gasteiger partial charge in [0.25, 0.3) is 5.91 Å². The van der Waals surface area contributed by atoms with E-state index in [1.54, 1.807) is 6.07 Å². The van der Waals surface area contributed by atoms with Gasteiger partial charge < -0.3 is 15.2 Å². The van der Waals surface area contributed by atoms with Gasteiger partial charge in [-0.15, -0.1) is 0 Å². The third kappa shape index (κ3) is 2.08. The SMILES string of the molecule is CC(C)C1Oc2ccc(C(=O)O)cc2NC1=O. The number of hydrogen-bond donors (Lipinski definition) is 2. The molecule has 2 rings (SSSR count). The summed E-state index contributed by atoms with van der Waals surface area (Å²) in [6.45, 7) is 3.78. The minimum atomic E-state index is -1.03. The summed E-state index contributed by atoms with van der Waals surface area (Å²) in [7, 11) is 0. The van der Waals surface area contributed by atoms with Crippen molar-refractivity contribution in [2.24, 2.45) is 5.92 Å². The predicted octanol–water partition coefficient (Wildman–Crippen LogP) is 1.74. The van der Waals surface area contributed by atoms with E-state index in [0.717, 1.165) is 0 Å². The second-order valence-corrected chi connectivity index (χ2v) is 4.29. The summed E-state index contributed by atoms with van der Waals surface area (Å²) in [5.74, 6) is -0.710. The molecular formula is C12H13NO4. The number of rotatable bonds is 2. The molecule has 0 bridgehead atoms. The fourth-order valence-corrected chi connectivity index (χ4v) is 1.70. The van der Waals surface area contributed by atoms with E-state index in [9.17, 15) is 9.59 Å². The van der Waals surface area contributed by atoms with Gasteiger partial charge >= 0.3 is 5.97 Å². The van der Waals surface area contributed by atoms with E-state index in [2.05, 4.69) is 5.32 Å². The lowest BCUT2D eigenvalue weighted by molar-refractivity contribution is -0.125. The molecule has 5 nitrogen and oxygen atoms in total. The second kappa shape index (κ2) is 4.08. The molecule has 0 saturated carbocycles. The quantitative estimate of drug-likeness (QED) is 0.818. The number of ether oxygens (including phenoxy) is 1. The van der Waals surface area contributed by atoms with Crippen LogP contribution in [0.15, 0.2) is 18.2 Å². The first-order chi connectivity index (χ1) is 7.99. The highest BCUT2D eigenvalue weighted by atomic mass is 16.5. The molecule has 0 radical (unpaired) electrons. The smallest absolute Gasteiger partial charge is 0.335 e. The van der Waals surface area contributed by atoms with Gasteiger partial charge in [-0.25, -0.2) is 4.79 Å². The zero-order valence-corrected chi connectivity index (χ0v) is 9.56. The maximum Gasteiger partial charge on any atom is 0.335 e. The molecule has 17 heavy (non-hydrogen) atoms. The van der Waals surface area contributed by atoms with E-state index in [0.29, 0.717) is 11.4 Å². The lowest BCUT2D eigenvalue weighted by Crippen LogP contribution is -2.40. The van der Waals surface area contributed by atoms with Gasteiger partial charge in [0.2, 0.25) is 0 Å². The standard InChI is InChI=1S/C12H13NO4/c1-6(2)10-11(14)13-8-5-7(12(15)16)3-4-9(8)17-10/h3-6,10H,1-2H3,(H,13,14)(H,15,16). The van der Waals surface area contributed by atoms with Gasteiger partial charge in [0, 0.05) is 0 Å². The third-order valence-electron chi connectivity index (χ3n) is 2.60. The van der Waals surface area contributed by atoms with Gasteiger partial charge in [-0.2, -0.15) is 0 Å². The Morgan fingerprint density at radius 3 is 2.76 bits per heavy atom. The first-order valence-corrected chi connectivity index (χ1v) is 5.34. The molecule has 1 aliphatic rings. The van der Waals surface area contributed by atoms with Crippen molar-refractivity contribution in [2.75, 3.05) is 5.32 Å². The minimum absolute atomic E-state index is 0.0577. The number of carbonyl (C=O) groups excluding carboxylic acids is 1. The van der Waals surface area contributed by atoms with Crippen LogP contribution in [0, 0.1) is 5.92 Å². The first kappa shape index (κ1) is 11.4. The van der Waals surface area contributed by atoms with Crippen molar-refractivity contribution in [3.63, 3.8) is 0 Å². The summed E-state index contributed by atoms with van der Waals surface area (Å²) < 4.78 is 5.54. The minimum Gasteiger partial charge on any atom is -0.478 e. The summed E-state index contributed by atoms with van der Waals surface area (Å²) >= 11 is 0. The van der Waals surface area contributed by atoms with Crippen LogP contribution in [-0.4, -0.2) is 23.1 Å². The number of benzene rings is 1. The van der Waals surface area contributed by atoms with Crippen LogP contribution in [-0.2, 0) is 4.79 Å². The van der Waals surface area contributed by atoms with Gasteiger partial charge in [0.15, 0.2) is 6.10 Å². The van der Waals surface area contributed by atoms with Crippen molar-refractivity contribution >= 4 is 17.6 Å². The first-order valence-electron chi connectivity index (χ1n) is 5.34. The lowest BCUT2D eigenvalue weighted by atomic mass is 10.0. The van der Waals surface area contributed by atoms with Crippen molar-refractivity contribution in [3.05, 3.63) is 23.8 Å². The normalized spacial score (nSPS) is 18.3. The van der Waals surface area contributed by atoms with E-state index in [1.807, 2.05) is 13.8 Å². The van der Waals surface area contributed by atoms with Crippen molar-refractivity contribution in [3.8, 4) is 5.75 Å². The van der Waals surface area contributed by atoms with Crippen LogP contribution in [0.5, 0.6) is 5.75 Å². The topological polar surface area (TPSA) is 75.6 Å². The molecule has 1 amide bonds. The van der Waals surface area contributed by atoms with Crippen LogP contribution < -0.4 is 10.1 Å². The zero-order chi connectivity index (χ0) is 12.6. The highest BCUT2D eigenvalue weighted by Gasteiger charge is 2.30. The number of amides is 1. The molecule has 1 aromatic rings. The van der Waals surface area contributed by atoms with E-state index in [4.69, 9.17) is 9.84 Å². The van der Waals surface area contributed by atoms with Crippen LogP contribution in [0.1, 0.15) is 24.2 Å². The number of aromatic carboxylic acids is 1. The molecule has 1 unspecified atom stereocenters. The van der Waals surface area contributed by atoms with E-state index in [-0.39, 0.29) is 17.4 Å². The Bertz CT molecular complexity index is 481. The summed E-state index contributed by atoms with van der Waals surface area (Å²) in [4.78, 5) is 22.5. The fraction of sp³-hybridized carbons (Fsp3) is 0.333. The molecule has 1 heterocycles. The Morgan fingerprint density at radius 1 is 1.47 bits per heavy atom. The number of carboxylic acids is 1. The van der Waals surface area contributed by atoms with Crippen molar-refractivity contribution in [2.45, 2.75) is 20.0 Å². The number of hydrogen-bond acceptors (Lipinski definition) is 3. The van der Waals surface area contributed by atoms with Crippen LogP contribution >= 0.6 is 0 Å². The van der Waals surface area contributed by atoms with Gasteiger partial charge in [0.1, 0.15) is 5.75 Å².